The monoisotopic (exact) mass is 546 g/mol. The lowest BCUT2D eigenvalue weighted by Crippen LogP contribution is -1.96. The Hall–Kier alpha value is -5.20. The van der Waals surface area contributed by atoms with Gasteiger partial charge in [-0.15, -0.1) is 0 Å². The first kappa shape index (κ1) is 9.16. The van der Waals surface area contributed by atoms with E-state index in [1.807, 2.05) is 0 Å². The quantitative estimate of drug-likeness (QED) is 0.193. The largest absolute Gasteiger partial charge is 0.0636 e. The van der Waals surface area contributed by atoms with E-state index in [2.05, 4.69) is 0 Å². The molecule has 8 aromatic rings. The Bertz CT molecular complexity index is 3550. The van der Waals surface area contributed by atoms with Gasteiger partial charge in [0.25, 0.3) is 0 Å². The Balaban J connectivity index is 1.61. The van der Waals surface area contributed by atoms with Gasteiger partial charge in [0, 0.05) is 0 Å². The summed E-state index contributed by atoms with van der Waals surface area (Å²) in [6.45, 7) is 0. The van der Waals surface area contributed by atoms with Crippen molar-refractivity contribution >= 4 is 43.1 Å². The summed E-state index contributed by atoms with van der Waals surface area (Å²) in [5.74, 6) is 0. The highest BCUT2D eigenvalue weighted by atomic mass is 14.2. The summed E-state index contributed by atoms with van der Waals surface area (Å²) in [6.07, 6.45) is -0.829. The van der Waals surface area contributed by atoms with E-state index in [9.17, 15) is 11.0 Å². The first-order chi connectivity index (χ1) is 31.2. The average molecular weight is 547 g/mol. The van der Waals surface area contributed by atoms with Crippen molar-refractivity contribution in [3.63, 3.8) is 0 Å². The Kier molecular flexibility index (Phi) is 2.18. The number of benzene rings is 8. The second kappa shape index (κ2) is 9.77. The van der Waals surface area contributed by atoms with Gasteiger partial charge in [-0.05, 0) is 88.9 Å². The van der Waals surface area contributed by atoms with Crippen LogP contribution in [0.3, 0.4) is 0 Å². The van der Waals surface area contributed by atoms with E-state index in [4.69, 9.17) is 24.7 Å². The van der Waals surface area contributed by atoms with E-state index in [1.165, 1.54) is 0 Å². The Labute approximate surface area is 276 Å². The van der Waals surface area contributed by atoms with Crippen molar-refractivity contribution in [3.8, 4) is 22.3 Å². The molecule has 0 atom stereocenters. The minimum Gasteiger partial charge on any atom is -0.0616 e. The van der Waals surface area contributed by atoms with E-state index in [0.29, 0.717) is 0 Å². The molecule has 0 saturated heterocycles. The molecule has 0 aliphatic rings. The van der Waals surface area contributed by atoms with Crippen molar-refractivity contribution in [1.29, 1.82) is 0 Å². The third-order valence-corrected chi connectivity index (χ3v) is 6.60. The predicted octanol–water partition coefficient (Wildman–Crippen LogP) is 11.2. The molecule has 0 fully saturated rings. The van der Waals surface area contributed by atoms with Crippen molar-refractivity contribution in [2.75, 3.05) is 0 Å². The first-order valence-electron chi connectivity index (χ1n) is 25.2. The van der Waals surface area contributed by atoms with Gasteiger partial charge >= 0.3 is 0 Å². The molecule has 0 radical (unpaired) electrons. The highest BCUT2D eigenvalue weighted by Crippen LogP contribution is 2.41. The molecule has 0 heterocycles. The summed E-state index contributed by atoms with van der Waals surface area (Å²) in [5, 5.41) is -4.30. The maximum atomic E-state index is 9.42. The second-order valence-corrected chi connectivity index (χ2v) is 8.88. The van der Waals surface area contributed by atoms with Crippen LogP contribution >= 0.6 is 0 Å². The maximum absolute atomic E-state index is 9.42. The Morgan fingerprint density at radius 3 is 1.59 bits per heavy atom. The van der Waals surface area contributed by atoms with Crippen LogP contribution in [0.4, 0.5) is 0 Å². The molecule has 0 heteroatoms. The summed E-state index contributed by atoms with van der Waals surface area (Å²) in [7, 11) is 0. The average Bonchev–Trinajstić information content (AvgIpc) is 3.29. The minimum atomic E-state index is -1.04. The standard InChI is InChI=1S/C41H28/c1-2-12-32-26-33(25-22-28(32)10-1)29-20-23-31(24-21-29)41-38-18-7-5-16-36(38)40(37-17-6-8-19-39(37)41)27-34-14-9-13-30-11-3-4-15-35(30)34/h1-26H,27H2/i1D,2D,3D,4D,5D,6D,7D,8D,9D,10D,11D,12D,13D,14D,15D,16D,17D,18D,19D,20D,21D,22D,23D,24D,25D,26D. The molecule has 0 saturated carbocycles. The third kappa shape index (κ3) is 4.08. The minimum absolute atomic E-state index is 0.389. The molecule has 0 aliphatic carbocycles. The molecular weight excluding hydrogens is 492 g/mol. The summed E-state index contributed by atoms with van der Waals surface area (Å²) in [5.41, 5.74) is -3.76. The van der Waals surface area contributed by atoms with Crippen molar-refractivity contribution in [2.45, 2.75) is 6.42 Å². The molecule has 8 rings (SSSR count). The van der Waals surface area contributed by atoms with Crippen LogP contribution in [0.25, 0.3) is 65.3 Å². The SMILES string of the molecule is [2H]c1c([2H])c(-c2c3c([2H])c([2H])c([2H])c([2H])c3c(Cc3c([2H])c([2H])c([2H])c4c([2H])c([2H])c([2H])c([2H])c34)c3c([2H])c([2H])c([2H])c([2H])c23)c([2H])c([2H])c1-c1c([2H])c([2H])c2c([2H])c([2H])c([2H])c([2H])c2c1[2H]. The van der Waals surface area contributed by atoms with Crippen LogP contribution in [0.2, 0.25) is 0 Å². The molecule has 0 unspecified atom stereocenters. The van der Waals surface area contributed by atoms with E-state index in [1.54, 1.807) is 0 Å². The fourth-order valence-electron chi connectivity index (χ4n) is 4.77. The van der Waals surface area contributed by atoms with Gasteiger partial charge in [0.2, 0.25) is 0 Å². The second-order valence-electron chi connectivity index (χ2n) is 8.88. The Morgan fingerprint density at radius 2 is 0.878 bits per heavy atom. The third-order valence-electron chi connectivity index (χ3n) is 6.60. The van der Waals surface area contributed by atoms with Crippen molar-refractivity contribution < 1.29 is 35.6 Å². The molecular formula is C41H28. The Morgan fingerprint density at radius 1 is 0.366 bits per heavy atom. The van der Waals surface area contributed by atoms with Gasteiger partial charge in [-0.3, -0.25) is 0 Å². The van der Waals surface area contributed by atoms with Crippen LogP contribution in [0.15, 0.2) is 157 Å². The normalized spacial score (nSPS) is 20.4. The molecule has 0 aromatic heterocycles. The van der Waals surface area contributed by atoms with Crippen LogP contribution in [-0.2, 0) is 6.42 Å². The number of hydrogen-bond acceptors (Lipinski definition) is 0. The molecule has 0 spiro atoms. The predicted molar refractivity (Wildman–Crippen MR) is 177 cm³/mol. The van der Waals surface area contributed by atoms with Gasteiger partial charge in [0.1, 0.15) is 0 Å². The molecule has 192 valence electrons. The highest BCUT2D eigenvalue weighted by Gasteiger charge is 2.16. The lowest BCUT2D eigenvalue weighted by atomic mass is 9.85. The first-order valence-corrected chi connectivity index (χ1v) is 12.2. The lowest BCUT2D eigenvalue weighted by molar-refractivity contribution is 1.26. The summed E-state index contributed by atoms with van der Waals surface area (Å²) >= 11 is 0. The van der Waals surface area contributed by atoms with Crippen LogP contribution in [-0.4, -0.2) is 0 Å². The van der Waals surface area contributed by atoms with Crippen molar-refractivity contribution in [1.82, 2.24) is 0 Å². The van der Waals surface area contributed by atoms with E-state index >= 15 is 0 Å². The van der Waals surface area contributed by atoms with Crippen LogP contribution in [0, 0.1) is 0 Å². The van der Waals surface area contributed by atoms with Crippen LogP contribution < -0.4 is 0 Å². The molecule has 0 bridgehead atoms. The number of hydrogen-bond donors (Lipinski definition) is 0. The van der Waals surface area contributed by atoms with Crippen LogP contribution in [0.1, 0.15) is 46.8 Å². The van der Waals surface area contributed by atoms with Gasteiger partial charge in [-0.1, -0.05) is 151 Å². The zero-order valence-electron chi connectivity index (χ0n) is 46.7. The van der Waals surface area contributed by atoms with Gasteiger partial charge in [0.05, 0.1) is 35.6 Å². The fraction of sp³-hybridized carbons (Fsp3) is 0.0244. The lowest BCUT2D eigenvalue weighted by Gasteiger charge is -2.18. The molecule has 41 heavy (non-hydrogen) atoms. The van der Waals surface area contributed by atoms with Gasteiger partial charge in [-0.25, -0.2) is 0 Å². The summed E-state index contributed by atoms with van der Waals surface area (Å²) in [6, 6.07) is -22.3. The van der Waals surface area contributed by atoms with Gasteiger partial charge < -0.3 is 0 Å². The molecule has 0 N–H and O–H groups in total. The smallest absolute Gasteiger partial charge is 0.0616 e. The van der Waals surface area contributed by atoms with Crippen LogP contribution in [0.5, 0.6) is 0 Å². The van der Waals surface area contributed by atoms with Crippen molar-refractivity contribution in [3.05, 3.63) is 168 Å². The fourth-order valence-corrected chi connectivity index (χ4v) is 4.77. The zero-order chi connectivity index (χ0) is 49.8. The van der Waals surface area contributed by atoms with Gasteiger partial charge in [-0.2, -0.15) is 0 Å². The maximum Gasteiger partial charge on any atom is 0.0636 e. The van der Waals surface area contributed by atoms with E-state index in [-0.39, 0.29) is 5.56 Å². The van der Waals surface area contributed by atoms with E-state index in [0.717, 1.165) is 0 Å². The molecule has 0 amide bonds. The summed E-state index contributed by atoms with van der Waals surface area (Å²) in [4.78, 5) is 0. The topological polar surface area (TPSA) is 0 Å². The number of rotatable bonds is 4. The summed E-state index contributed by atoms with van der Waals surface area (Å²) < 4.78 is 229. The highest BCUT2D eigenvalue weighted by molar-refractivity contribution is 6.15. The molecule has 0 aliphatic heterocycles. The molecule has 0 nitrogen and oxygen atoms in total. The van der Waals surface area contributed by atoms with Gasteiger partial charge in [0.15, 0.2) is 0 Å². The van der Waals surface area contributed by atoms with Crippen molar-refractivity contribution in [2.24, 2.45) is 0 Å². The molecule has 8 aromatic carbocycles. The zero-order valence-corrected chi connectivity index (χ0v) is 20.7. The van der Waals surface area contributed by atoms with E-state index < -0.39 is 234 Å². The number of fused-ring (bicyclic) bond motifs is 4.